The van der Waals surface area contributed by atoms with E-state index in [-0.39, 0.29) is 0 Å². The van der Waals surface area contributed by atoms with Gasteiger partial charge in [0.1, 0.15) is 30.3 Å². The molecule has 7 rings (SSSR count). The number of aromatic nitrogens is 3. The number of nitrogens with zero attached hydrogens (tertiary/aromatic N) is 5. The lowest BCUT2D eigenvalue weighted by Gasteiger charge is -2.25. The average molecular weight is 1180 g/mol. The number of likely N-dealkylation sites (tertiary alicyclic amines) is 1. The molecule has 4 atom stereocenters. The number of unbranched alkanes of at least 4 members (excludes halogenated alkanes) is 4. The van der Waals surface area contributed by atoms with Gasteiger partial charge in [-0.2, -0.15) is 0 Å². The molecular formula is C62H105N11O11. The summed E-state index contributed by atoms with van der Waals surface area (Å²) in [4.78, 5) is 50.9. The van der Waals surface area contributed by atoms with E-state index in [2.05, 4.69) is 70.4 Å². The van der Waals surface area contributed by atoms with Crippen molar-refractivity contribution in [1.82, 2.24) is 40.8 Å². The first kappa shape index (κ1) is 71.2. The molecule has 4 aliphatic rings. The number of ether oxygens (including phenoxy) is 7. The zero-order chi connectivity index (χ0) is 60.2. The number of amides is 1. The van der Waals surface area contributed by atoms with Crippen LogP contribution in [-0.4, -0.2) is 200 Å². The van der Waals surface area contributed by atoms with Crippen LogP contribution in [0.1, 0.15) is 121 Å². The number of likely N-dealkylation sites (N-methyl/N-ethyl adjacent to an activating group) is 1. The predicted molar refractivity (Wildman–Crippen MR) is 330 cm³/mol. The molecule has 1 saturated heterocycles. The van der Waals surface area contributed by atoms with Gasteiger partial charge in [0.25, 0.3) is 0 Å². The first-order valence-electron chi connectivity index (χ1n) is 31.1. The van der Waals surface area contributed by atoms with Crippen molar-refractivity contribution < 1.29 is 52.6 Å². The standard InChI is InChI=1S/C45H69N9O7.C8H15NO3.C7H15NO.C2H6/c46-53-41-15-12-36-32-35(36)11-14-40(41)47-18-22-57-24-26-59-28-30-61-31-29-60-27-25-58-23-21-54(19-4-3-7-37-13-10-34-6-5-17-48-43(34)51-37)20-16-42(45(55)56)52-44-38-8-1-2-9-39(38)49-33-50-44;1-12-8(11)9-6-4-2-3-5-7-10;1-8-5-3-4-7(8)6-9-2;1-2/h1-2,8-10,13,33,35-36,42,47,53H,3-7,11-12,14-32,46H2,(H,48,51)(H,55,56)(H,49,50,52);7H,2-6H2,1H3,(H,9,11);7H,3-6H2,1-2H3;1-2H3/b41-40-;;;. The lowest BCUT2D eigenvalue weighted by molar-refractivity contribution is -0.138. The maximum absolute atomic E-state index is 12.4. The van der Waals surface area contributed by atoms with Crippen LogP contribution < -0.4 is 32.5 Å². The Balaban J connectivity index is 0.000000549. The van der Waals surface area contributed by atoms with Crippen LogP contribution in [0.2, 0.25) is 0 Å². The van der Waals surface area contributed by atoms with E-state index in [0.717, 1.165) is 137 Å². The van der Waals surface area contributed by atoms with Crippen molar-refractivity contribution in [3.63, 3.8) is 0 Å². The summed E-state index contributed by atoms with van der Waals surface area (Å²) in [6.45, 7) is 15.7. The van der Waals surface area contributed by atoms with Crippen molar-refractivity contribution in [2.45, 2.75) is 135 Å². The third-order valence-corrected chi connectivity index (χ3v) is 15.2. The van der Waals surface area contributed by atoms with Crippen LogP contribution in [0, 0.1) is 11.8 Å². The molecule has 3 aromatic rings. The fourth-order valence-electron chi connectivity index (χ4n) is 10.3. The first-order valence-corrected chi connectivity index (χ1v) is 31.1. The first-order chi connectivity index (χ1) is 41.2. The summed E-state index contributed by atoms with van der Waals surface area (Å²) in [7, 11) is 5.27. The summed E-state index contributed by atoms with van der Waals surface area (Å²) >= 11 is 0. The molecule has 84 heavy (non-hydrogen) atoms. The minimum absolute atomic E-state index is 0.398. The molecule has 4 heterocycles. The normalized spacial score (nSPS) is 18.3. The van der Waals surface area contributed by atoms with Crippen molar-refractivity contribution in [1.29, 1.82) is 0 Å². The number of methoxy groups -OCH3 is 2. The van der Waals surface area contributed by atoms with E-state index in [1.807, 2.05) is 38.1 Å². The molecule has 4 unspecified atom stereocenters. The number of benzene rings is 1. The maximum atomic E-state index is 12.4. The molecule has 1 saturated carbocycles. The van der Waals surface area contributed by atoms with Crippen LogP contribution in [-0.2, 0) is 55.6 Å². The molecule has 0 spiro atoms. The lowest BCUT2D eigenvalue weighted by Crippen LogP contribution is -2.37. The lowest BCUT2D eigenvalue weighted by atomic mass is 10.0. The van der Waals surface area contributed by atoms with Gasteiger partial charge < -0.3 is 79.6 Å². The summed E-state index contributed by atoms with van der Waals surface area (Å²) < 4.78 is 38.1. The van der Waals surface area contributed by atoms with Crippen molar-refractivity contribution >= 4 is 40.9 Å². The maximum Gasteiger partial charge on any atom is 0.406 e. The van der Waals surface area contributed by atoms with Crippen molar-refractivity contribution in [3.8, 4) is 0 Å². The molecule has 1 aromatic carbocycles. The highest BCUT2D eigenvalue weighted by atomic mass is 16.6. The summed E-state index contributed by atoms with van der Waals surface area (Å²) in [6.07, 6.45) is 19.4. The topological polar surface area (TPSA) is 267 Å². The molecule has 2 aromatic heterocycles. The molecular weight excluding hydrogens is 1070 g/mol. The number of carboxylic acids is 1. The number of rotatable bonds is 39. The van der Waals surface area contributed by atoms with Crippen LogP contribution in [0.25, 0.3) is 10.9 Å². The van der Waals surface area contributed by atoms with Crippen LogP contribution in [0.3, 0.4) is 0 Å². The zero-order valence-corrected chi connectivity index (χ0v) is 51.5. The predicted octanol–water partition coefficient (Wildman–Crippen LogP) is 7.38. The minimum atomic E-state index is -0.918. The number of carboxylic acid groups (broad SMARTS) is 1. The number of pyridine rings is 1. The van der Waals surface area contributed by atoms with Gasteiger partial charge in [0, 0.05) is 74.8 Å². The number of alkyl carbamates (subject to hydrolysis) is 1. The van der Waals surface area contributed by atoms with E-state index in [9.17, 15) is 19.5 Å². The number of hydrogen-bond donors (Lipinski definition) is 7. The van der Waals surface area contributed by atoms with Gasteiger partial charge in [-0.25, -0.2) is 24.5 Å². The Labute approximate surface area is 501 Å². The average Bonchev–Trinajstić information content (AvgIpc) is 3.99. The molecule has 2 fully saturated rings. The Morgan fingerprint density at radius 2 is 1.50 bits per heavy atom. The number of fused-ring (bicyclic) bond motifs is 3. The molecule has 0 bridgehead atoms. The number of hydrogen-bond acceptors (Lipinski definition) is 20. The van der Waals surface area contributed by atoms with Gasteiger partial charge in [0.15, 0.2) is 0 Å². The Bertz CT molecular complexity index is 2260. The molecule has 8 N–H and O–H groups in total. The van der Waals surface area contributed by atoms with Gasteiger partial charge in [-0.15, -0.1) is 0 Å². The van der Waals surface area contributed by atoms with Crippen molar-refractivity contribution in [2.75, 3.05) is 150 Å². The third-order valence-electron chi connectivity index (χ3n) is 15.2. The van der Waals surface area contributed by atoms with Crippen LogP contribution in [0.4, 0.5) is 16.4 Å². The number of aryl methyl sites for hydroxylation is 2. The van der Waals surface area contributed by atoms with Gasteiger partial charge >= 0.3 is 12.1 Å². The Morgan fingerprint density at radius 1 is 0.798 bits per heavy atom. The van der Waals surface area contributed by atoms with Crippen LogP contribution in [0.5, 0.6) is 0 Å². The van der Waals surface area contributed by atoms with Gasteiger partial charge in [-0.05, 0) is 152 Å². The number of nitrogens with one attached hydrogen (secondary N) is 5. The van der Waals surface area contributed by atoms with Crippen LogP contribution >= 0.6 is 0 Å². The highest BCUT2D eigenvalue weighted by Crippen LogP contribution is 2.47. The number of para-hydroxylation sites is 1. The number of aldehydes is 1. The van der Waals surface area contributed by atoms with Gasteiger partial charge in [-0.3, -0.25) is 5.84 Å². The second-order valence-corrected chi connectivity index (χ2v) is 21.3. The van der Waals surface area contributed by atoms with Crippen molar-refractivity contribution in [2.24, 2.45) is 17.7 Å². The molecule has 2 aliphatic carbocycles. The number of nitrogens with two attached hydrogens (primary N) is 1. The summed E-state index contributed by atoms with van der Waals surface area (Å²) in [5, 5.41) is 23.6. The van der Waals surface area contributed by atoms with E-state index in [1.165, 1.54) is 63.3 Å². The quantitative estimate of drug-likeness (QED) is 0.0127. The number of carbonyl (C=O) groups is 3. The molecule has 474 valence electrons. The number of allylic oxidation sites excluding steroid dienone is 2. The SMILES string of the molecule is CC.COC(=O)NCCCCCC=O.COCC1CCCN1C.NN/C1=C(\NCCOCCOCCOCCOCCOCCN(CCCCc2ccc3c(n2)NCCC3)CCC(Nc2ncnc3ccccc23)C(=O)O)CCC2CC2CC1. The highest BCUT2D eigenvalue weighted by Gasteiger charge is 2.37. The summed E-state index contributed by atoms with van der Waals surface area (Å²) in [6, 6.07) is 11.8. The molecule has 2 aliphatic heterocycles. The van der Waals surface area contributed by atoms with E-state index >= 15 is 0 Å². The number of anilines is 2. The van der Waals surface area contributed by atoms with E-state index in [4.69, 9.17) is 39.2 Å². The Hall–Kier alpha value is -5.30. The highest BCUT2D eigenvalue weighted by molar-refractivity contribution is 5.90. The third kappa shape index (κ3) is 29.7. The number of aliphatic carboxylic acids is 1. The second-order valence-electron chi connectivity index (χ2n) is 21.3. The molecule has 1 amide bonds. The molecule has 0 radical (unpaired) electrons. The number of carbonyl (C=O) groups excluding carboxylic acids is 2. The summed E-state index contributed by atoms with van der Waals surface area (Å²) in [5.41, 5.74) is 8.45. The largest absolute Gasteiger partial charge is 0.480 e. The van der Waals surface area contributed by atoms with E-state index in [0.29, 0.717) is 110 Å². The molecule has 22 heteroatoms. The van der Waals surface area contributed by atoms with Crippen LogP contribution in [0.15, 0.2) is 54.1 Å². The Morgan fingerprint density at radius 3 is 2.17 bits per heavy atom. The molecule has 22 nitrogen and oxygen atoms in total. The van der Waals surface area contributed by atoms with E-state index < -0.39 is 18.1 Å². The van der Waals surface area contributed by atoms with E-state index in [1.54, 1.807) is 7.11 Å². The van der Waals surface area contributed by atoms with Gasteiger partial charge in [0.2, 0.25) is 0 Å². The smallest absolute Gasteiger partial charge is 0.406 e. The minimum Gasteiger partial charge on any atom is -0.480 e. The van der Waals surface area contributed by atoms with Gasteiger partial charge in [0.05, 0.1) is 85.3 Å². The Kier molecular flexibility index (Phi) is 38.2. The second kappa shape index (κ2) is 45.1. The van der Waals surface area contributed by atoms with Crippen molar-refractivity contribution in [3.05, 3.63) is 65.4 Å². The fraction of sp³-hybridized carbons (Fsp3) is 0.710. The number of hydrazine groups is 1. The monoisotopic (exact) mass is 1180 g/mol. The summed E-state index contributed by atoms with van der Waals surface area (Å²) in [5.74, 6) is 8.24. The zero-order valence-electron chi connectivity index (χ0n) is 51.5. The van der Waals surface area contributed by atoms with Gasteiger partial charge in [-0.1, -0.05) is 38.5 Å². The fourth-order valence-corrected chi connectivity index (χ4v) is 10.3.